The summed E-state index contributed by atoms with van der Waals surface area (Å²) >= 11 is 0. The molecule has 0 atom stereocenters. The van der Waals surface area contributed by atoms with Crippen LogP contribution in [-0.2, 0) is 12.6 Å². The van der Waals surface area contributed by atoms with Crippen LogP contribution in [0.25, 0.3) is 28.0 Å². The zero-order chi connectivity index (χ0) is 26.2. The maximum Gasteiger partial charge on any atom is 0.416 e. The van der Waals surface area contributed by atoms with Gasteiger partial charge in [-0.15, -0.1) is 0 Å². The molecule has 5 nitrogen and oxygen atoms in total. The van der Waals surface area contributed by atoms with Gasteiger partial charge in [0, 0.05) is 29.2 Å². The summed E-state index contributed by atoms with van der Waals surface area (Å²) in [4.78, 5) is 21.6. The minimum Gasteiger partial charge on any atom is -0.322 e. The molecule has 0 saturated heterocycles. The van der Waals surface area contributed by atoms with Crippen molar-refractivity contribution in [1.29, 1.82) is 0 Å². The SMILES string of the molecule is CCc1ccc(C(=O)Nc2cccc(C(F)(F)F)c2)cc1-c1cc(-c2cnc3cnccn23)ccc1C. The van der Waals surface area contributed by atoms with Crippen molar-refractivity contribution in [1.82, 2.24) is 14.4 Å². The number of anilines is 1. The monoisotopic (exact) mass is 500 g/mol. The number of hydrogen-bond donors (Lipinski definition) is 1. The number of nitrogens with one attached hydrogen (secondary N) is 1. The number of carbonyl (C=O) groups is 1. The molecular weight excluding hydrogens is 477 g/mol. The molecule has 1 N–H and O–H groups in total. The summed E-state index contributed by atoms with van der Waals surface area (Å²) in [6.07, 6.45) is 3.31. The van der Waals surface area contributed by atoms with Crippen molar-refractivity contribution < 1.29 is 18.0 Å². The van der Waals surface area contributed by atoms with E-state index in [1.165, 1.54) is 12.1 Å². The summed E-state index contributed by atoms with van der Waals surface area (Å²) in [5.41, 5.74) is 6.18. The van der Waals surface area contributed by atoms with Gasteiger partial charge in [0.15, 0.2) is 5.65 Å². The Labute approximate surface area is 211 Å². The third-order valence-corrected chi connectivity index (χ3v) is 6.34. The lowest BCUT2D eigenvalue weighted by atomic mass is 9.91. The molecule has 1 amide bonds. The average Bonchev–Trinajstić information content (AvgIpc) is 3.32. The number of alkyl halides is 3. The van der Waals surface area contributed by atoms with E-state index in [0.29, 0.717) is 5.56 Å². The van der Waals surface area contributed by atoms with Gasteiger partial charge in [-0.3, -0.25) is 14.2 Å². The Morgan fingerprint density at radius 3 is 2.62 bits per heavy atom. The maximum atomic E-state index is 13.1. The second-order valence-corrected chi connectivity index (χ2v) is 8.74. The van der Waals surface area contributed by atoms with Gasteiger partial charge in [-0.1, -0.05) is 31.2 Å². The first-order valence-corrected chi connectivity index (χ1v) is 11.7. The molecule has 2 aromatic heterocycles. The van der Waals surface area contributed by atoms with Crippen LogP contribution in [0.1, 0.15) is 34.0 Å². The van der Waals surface area contributed by atoms with Gasteiger partial charge in [0.2, 0.25) is 0 Å². The van der Waals surface area contributed by atoms with Crippen molar-refractivity contribution in [2.45, 2.75) is 26.4 Å². The van der Waals surface area contributed by atoms with Crippen molar-refractivity contribution in [3.63, 3.8) is 0 Å². The van der Waals surface area contributed by atoms with Gasteiger partial charge in [0.25, 0.3) is 5.91 Å². The van der Waals surface area contributed by atoms with Crippen LogP contribution in [-0.4, -0.2) is 20.3 Å². The lowest BCUT2D eigenvalue weighted by molar-refractivity contribution is -0.137. The minimum atomic E-state index is -4.49. The second-order valence-electron chi connectivity index (χ2n) is 8.74. The summed E-state index contributed by atoms with van der Waals surface area (Å²) < 4.78 is 41.2. The molecule has 0 aliphatic rings. The minimum absolute atomic E-state index is 0.0845. The van der Waals surface area contributed by atoms with Crippen LogP contribution in [0, 0.1) is 6.92 Å². The molecule has 0 aliphatic heterocycles. The quantitative estimate of drug-likeness (QED) is 0.278. The number of benzene rings is 3. The number of hydrogen-bond acceptors (Lipinski definition) is 3. The predicted molar refractivity (Wildman–Crippen MR) is 137 cm³/mol. The van der Waals surface area contributed by atoms with Crippen molar-refractivity contribution in [2.75, 3.05) is 5.32 Å². The Kier molecular flexibility index (Phi) is 6.25. The maximum absolute atomic E-state index is 13.1. The molecule has 0 fully saturated rings. The van der Waals surface area contributed by atoms with E-state index in [0.717, 1.165) is 57.7 Å². The van der Waals surface area contributed by atoms with Crippen LogP contribution < -0.4 is 5.32 Å². The fraction of sp³-hybridized carbons (Fsp3) is 0.138. The Morgan fingerprint density at radius 1 is 1.00 bits per heavy atom. The molecule has 0 radical (unpaired) electrons. The highest BCUT2D eigenvalue weighted by atomic mass is 19.4. The summed E-state index contributed by atoms with van der Waals surface area (Å²) in [7, 11) is 0. The van der Waals surface area contributed by atoms with Crippen LogP contribution in [0.3, 0.4) is 0 Å². The van der Waals surface area contributed by atoms with Crippen LogP contribution in [0.4, 0.5) is 18.9 Å². The second kappa shape index (κ2) is 9.54. The number of nitrogens with zero attached hydrogens (tertiary/aromatic N) is 3. The molecule has 37 heavy (non-hydrogen) atoms. The van der Waals surface area contributed by atoms with Crippen molar-refractivity contribution in [2.24, 2.45) is 0 Å². The van der Waals surface area contributed by atoms with Gasteiger partial charge in [0.1, 0.15) is 0 Å². The highest BCUT2D eigenvalue weighted by Crippen LogP contribution is 2.34. The van der Waals surface area contributed by atoms with E-state index < -0.39 is 17.6 Å². The summed E-state index contributed by atoms with van der Waals surface area (Å²) in [6, 6.07) is 16.1. The van der Waals surface area contributed by atoms with Gasteiger partial charge in [-0.25, -0.2) is 4.98 Å². The van der Waals surface area contributed by atoms with Gasteiger partial charge >= 0.3 is 6.18 Å². The number of halogens is 3. The average molecular weight is 501 g/mol. The molecule has 3 aromatic carbocycles. The van der Waals surface area contributed by atoms with Crippen molar-refractivity contribution in [3.8, 4) is 22.4 Å². The lowest BCUT2D eigenvalue weighted by Crippen LogP contribution is -2.13. The van der Waals surface area contributed by atoms with Crippen LogP contribution in [0.5, 0.6) is 0 Å². The van der Waals surface area contributed by atoms with Gasteiger partial charge in [-0.2, -0.15) is 13.2 Å². The number of imidazole rings is 1. The number of aryl methyl sites for hydroxylation is 2. The van der Waals surface area contributed by atoms with E-state index in [2.05, 4.69) is 21.4 Å². The molecule has 0 unspecified atom stereocenters. The number of fused-ring (bicyclic) bond motifs is 1. The molecule has 0 saturated carbocycles. The predicted octanol–water partition coefficient (Wildman–Crippen LogP) is 7.21. The number of rotatable bonds is 5. The van der Waals surface area contributed by atoms with E-state index in [1.807, 2.05) is 42.6 Å². The van der Waals surface area contributed by atoms with E-state index >= 15 is 0 Å². The normalized spacial score (nSPS) is 11.6. The summed E-state index contributed by atoms with van der Waals surface area (Å²) in [5, 5.41) is 2.60. The summed E-state index contributed by atoms with van der Waals surface area (Å²) in [5.74, 6) is -0.480. The van der Waals surface area contributed by atoms with Gasteiger partial charge in [-0.05, 0) is 72.0 Å². The van der Waals surface area contributed by atoms with E-state index in [4.69, 9.17) is 0 Å². The highest BCUT2D eigenvalue weighted by Gasteiger charge is 2.30. The largest absolute Gasteiger partial charge is 0.416 e. The first-order valence-electron chi connectivity index (χ1n) is 11.7. The van der Waals surface area contributed by atoms with Gasteiger partial charge < -0.3 is 5.32 Å². The first-order chi connectivity index (χ1) is 17.7. The standard InChI is InChI=1S/C29H23F3N4O/c1-3-19-9-10-21(28(37)35-23-6-4-5-22(15-23)29(30,31)32)14-25(19)24-13-20(8-7-18(24)2)26-16-34-27-17-33-11-12-36(26)27/h4-17H,3H2,1-2H3,(H,35,37). The molecule has 0 aliphatic carbocycles. The van der Waals surface area contributed by atoms with E-state index in [-0.39, 0.29) is 5.69 Å². The topological polar surface area (TPSA) is 59.3 Å². The zero-order valence-corrected chi connectivity index (χ0v) is 20.2. The molecule has 5 aromatic rings. The van der Waals surface area contributed by atoms with Gasteiger partial charge in [0.05, 0.1) is 23.7 Å². The zero-order valence-electron chi connectivity index (χ0n) is 20.2. The third kappa shape index (κ3) is 4.82. The lowest BCUT2D eigenvalue weighted by Gasteiger charge is -2.15. The first kappa shape index (κ1) is 24.2. The highest BCUT2D eigenvalue weighted by molar-refractivity contribution is 6.05. The number of carbonyl (C=O) groups excluding carboxylic acids is 1. The molecule has 5 rings (SSSR count). The fourth-order valence-corrected chi connectivity index (χ4v) is 4.38. The molecule has 8 heteroatoms. The summed E-state index contributed by atoms with van der Waals surface area (Å²) in [6.45, 7) is 4.05. The van der Waals surface area contributed by atoms with Crippen LogP contribution in [0.2, 0.25) is 0 Å². The van der Waals surface area contributed by atoms with Crippen LogP contribution in [0.15, 0.2) is 85.5 Å². The molecule has 0 bridgehead atoms. The Hall–Kier alpha value is -4.46. The molecular formula is C29H23F3N4O. The molecule has 0 spiro atoms. The Morgan fingerprint density at radius 2 is 1.84 bits per heavy atom. The number of aromatic nitrogens is 3. The number of amides is 1. The van der Waals surface area contributed by atoms with E-state index in [1.54, 1.807) is 30.7 Å². The fourth-order valence-electron chi connectivity index (χ4n) is 4.38. The van der Waals surface area contributed by atoms with Crippen molar-refractivity contribution in [3.05, 3.63) is 108 Å². The Balaban J connectivity index is 1.52. The molecule has 2 heterocycles. The smallest absolute Gasteiger partial charge is 0.322 e. The molecule has 186 valence electrons. The van der Waals surface area contributed by atoms with Crippen LogP contribution >= 0.6 is 0 Å². The van der Waals surface area contributed by atoms with E-state index in [9.17, 15) is 18.0 Å². The Bertz CT molecular complexity index is 1620. The third-order valence-electron chi connectivity index (χ3n) is 6.34. The van der Waals surface area contributed by atoms with Crippen molar-refractivity contribution >= 4 is 17.2 Å².